The second-order valence-corrected chi connectivity index (χ2v) is 4.35. The van der Waals surface area contributed by atoms with Crippen LogP contribution < -0.4 is 5.69 Å². The van der Waals surface area contributed by atoms with Gasteiger partial charge in [0.05, 0.1) is 12.0 Å². The van der Waals surface area contributed by atoms with E-state index in [2.05, 4.69) is 10.2 Å². The number of carboxylic acid groups (broad SMARTS) is 1. The maximum atomic E-state index is 11.3. The lowest BCUT2D eigenvalue weighted by atomic mass is 10.3. The highest BCUT2D eigenvalue weighted by Crippen LogP contribution is 2.22. The number of H-pyrrole nitrogens is 1. The largest absolute Gasteiger partial charge is 0.478 e. The van der Waals surface area contributed by atoms with Crippen LogP contribution in [-0.4, -0.2) is 25.8 Å². The number of nitrogens with zero attached hydrogens (tertiary/aromatic N) is 2. The van der Waals surface area contributed by atoms with Gasteiger partial charge in [-0.15, -0.1) is 5.10 Å². The van der Waals surface area contributed by atoms with Crippen molar-refractivity contribution in [2.45, 2.75) is 24.4 Å². The van der Waals surface area contributed by atoms with E-state index in [1.807, 2.05) is 6.92 Å². The number of aromatic amines is 1. The van der Waals surface area contributed by atoms with Crippen LogP contribution in [0.2, 0.25) is 0 Å². The molecule has 0 saturated heterocycles. The Morgan fingerprint density at radius 1 is 1.67 bits per heavy atom. The second-order valence-electron chi connectivity index (χ2n) is 3.41. The van der Waals surface area contributed by atoms with Gasteiger partial charge in [-0.3, -0.25) is 4.57 Å². The van der Waals surface area contributed by atoms with E-state index in [1.54, 1.807) is 0 Å². The monoisotopic (exact) mass is 269 g/mol. The predicted molar refractivity (Wildman–Crippen MR) is 63.8 cm³/mol. The third-order valence-electron chi connectivity index (χ3n) is 2.35. The Kier molecular flexibility index (Phi) is 3.56. The lowest BCUT2D eigenvalue weighted by Crippen LogP contribution is -2.16. The van der Waals surface area contributed by atoms with Crippen molar-refractivity contribution in [3.05, 3.63) is 34.1 Å². The molecule has 0 amide bonds. The molecule has 7 nitrogen and oxygen atoms in total. The highest BCUT2D eigenvalue weighted by atomic mass is 32.2. The van der Waals surface area contributed by atoms with Crippen LogP contribution in [0.5, 0.6) is 0 Å². The zero-order chi connectivity index (χ0) is 13.1. The summed E-state index contributed by atoms with van der Waals surface area (Å²) in [6.07, 6.45) is 1.33. The first-order chi connectivity index (χ1) is 8.63. The van der Waals surface area contributed by atoms with Crippen LogP contribution in [0, 0.1) is 0 Å². The van der Waals surface area contributed by atoms with Crippen molar-refractivity contribution < 1.29 is 14.3 Å². The Morgan fingerprint density at radius 2 is 2.44 bits per heavy atom. The molecule has 96 valence electrons. The van der Waals surface area contributed by atoms with Crippen molar-refractivity contribution in [1.82, 2.24) is 14.8 Å². The number of aromatic carboxylic acids is 1. The van der Waals surface area contributed by atoms with E-state index in [0.717, 1.165) is 0 Å². The minimum Gasteiger partial charge on any atom is -0.478 e. The molecule has 2 rings (SSSR count). The molecular formula is C10H11N3O4S. The molecule has 0 aliphatic rings. The first kappa shape index (κ1) is 12.5. The number of rotatable bonds is 5. The van der Waals surface area contributed by atoms with Gasteiger partial charge in [0.25, 0.3) is 0 Å². The lowest BCUT2D eigenvalue weighted by molar-refractivity contribution is 0.0695. The number of aromatic nitrogens is 3. The Hall–Kier alpha value is -1.96. The topological polar surface area (TPSA) is 101 Å². The van der Waals surface area contributed by atoms with Crippen LogP contribution >= 0.6 is 11.8 Å². The summed E-state index contributed by atoms with van der Waals surface area (Å²) in [4.78, 5) is 22.2. The summed E-state index contributed by atoms with van der Waals surface area (Å²) in [5.41, 5.74) is -0.152. The van der Waals surface area contributed by atoms with Gasteiger partial charge in [-0.25, -0.2) is 14.7 Å². The number of furan rings is 1. The van der Waals surface area contributed by atoms with Crippen LogP contribution in [0.3, 0.4) is 0 Å². The van der Waals surface area contributed by atoms with E-state index in [1.165, 1.54) is 28.7 Å². The van der Waals surface area contributed by atoms with Crippen LogP contribution in [0.4, 0.5) is 0 Å². The molecule has 0 fully saturated rings. The predicted octanol–water partition coefficient (Wildman–Crippen LogP) is 1.17. The molecule has 8 heteroatoms. The third kappa shape index (κ3) is 2.33. The fourth-order valence-electron chi connectivity index (χ4n) is 1.47. The molecule has 0 saturated carbocycles. The number of thioether (sulfide) groups is 1. The van der Waals surface area contributed by atoms with Crippen molar-refractivity contribution >= 4 is 17.7 Å². The smallest absolute Gasteiger partial charge is 0.343 e. The van der Waals surface area contributed by atoms with E-state index in [4.69, 9.17) is 9.52 Å². The van der Waals surface area contributed by atoms with Gasteiger partial charge in [0.1, 0.15) is 11.3 Å². The summed E-state index contributed by atoms with van der Waals surface area (Å²) < 4.78 is 6.57. The summed E-state index contributed by atoms with van der Waals surface area (Å²) in [6, 6.07) is 1.40. The summed E-state index contributed by atoms with van der Waals surface area (Å²) in [7, 11) is 0. The van der Waals surface area contributed by atoms with Crippen molar-refractivity contribution in [1.29, 1.82) is 0 Å². The number of carboxylic acids is 1. The number of hydrogen-bond donors (Lipinski definition) is 2. The molecule has 0 aliphatic heterocycles. The van der Waals surface area contributed by atoms with Gasteiger partial charge < -0.3 is 9.52 Å². The number of carbonyl (C=O) groups is 1. The summed E-state index contributed by atoms with van der Waals surface area (Å²) in [5.74, 6) is -0.376. The van der Waals surface area contributed by atoms with Crippen LogP contribution in [-0.2, 0) is 12.3 Å². The number of hydrogen-bond acceptors (Lipinski definition) is 5. The molecule has 0 bridgehead atoms. The van der Waals surface area contributed by atoms with Gasteiger partial charge in [-0.05, 0) is 13.0 Å². The summed E-state index contributed by atoms with van der Waals surface area (Å²) >= 11 is 1.25. The molecule has 0 atom stereocenters. The zero-order valence-corrected chi connectivity index (χ0v) is 10.4. The Balaban J connectivity index is 2.14. The Labute approximate surface area is 106 Å². The van der Waals surface area contributed by atoms with Gasteiger partial charge in [0.15, 0.2) is 5.16 Å². The quantitative estimate of drug-likeness (QED) is 0.790. The first-order valence-corrected chi connectivity index (χ1v) is 6.19. The van der Waals surface area contributed by atoms with Gasteiger partial charge in [0, 0.05) is 6.54 Å². The maximum absolute atomic E-state index is 11.3. The zero-order valence-electron chi connectivity index (χ0n) is 9.54. The second kappa shape index (κ2) is 5.13. The molecule has 2 aromatic rings. The minimum atomic E-state index is -1.03. The molecule has 0 aliphatic carbocycles. The molecule has 2 N–H and O–H groups in total. The molecule has 0 radical (unpaired) electrons. The van der Waals surface area contributed by atoms with Crippen molar-refractivity contribution in [2.75, 3.05) is 0 Å². The maximum Gasteiger partial charge on any atom is 0.343 e. The van der Waals surface area contributed by atoms with Crippen molar-refractivity contribution in [3.8, 4) is 0 Å². The van der Waals surface area contributed by atoms with E-state index < -0.39 is 5.97 Å². The fourth-order valence-corrected chi connectivity index (χ4v) is 2.43. The van der Waals surface area contributed by atoms with Gasteiger partial charge in [-0.2, -0.15) is 0 Å². The molecule has 0 spiro atoms. The standard InChI is InChI=1S/C10H11N3O4S/c1-2-13-9(16)11-12-10(13)18-5-7-6(8(14)15)3-4-17-7/h3-4H,2,5H2,1H3,(H,11,16)(H,14,15). The van der Waals surface area contributed by atoms with Crippen molar-refractivity contribution in [2.24, 2.45) is 0 Å². The van der Waals surface area contributed by atoms with Gasteiger partial charge in [-0.1, -0.05) is 11.8 Å². The summed E-state index contributed by atoms with van der Waals surface area (Å²) in [6.45, 7) is 2.33. The SMILES string of the molecule is CCn1c(SCc2occc2C(=O)O)n[nH]c1=O. The highest BCUT2D eigenvalue weighted by Gasteiger charge is 2.15. The van der Waals surface area contributed by atoms with E-state index in [-0.39, 0.29) is 11.3 Å². The van der Waals surface area contributed by atoms with Gasteiger partial charge in [0.2, 0.25) is 0 Å². The van der Waals surface area contributed by atoms with E-state index in [9.17, 15) is 9.59 Å². The number of nitrogens with one attached hydrogen (secondary N) is 1. The van der Waals surface area contributed by atoms with E-state index in [0.29, 0.717) is 23.2 Å². The molecule has 0 aromatic carbocycles. The molecule has 2 heterocycles. The third-order valence-corrected chi connectivity index (χ3v) is 3.32. The normalized spacial score (nSPS) is 10.7. The highest BCUT2D eigenvalue weighted by molar-refractivity contribution is 7.98. The molecule has 18 heavy (non-hydrogen) atoms. The molecule has 2 aromatic heterocycles. The van der Waals surface area contributed by atoms with Crippen LogP contribution in [0.1, 0.15) is 23.0 Å². The Bertz CT molecular complexity index is 613. The minimum absolute atomic E-state index is 0.128. The van der Waals surface area contributed by atoms with Crippen LogP contribution in [0.15, 0.2) is 26.7 Å². The van der Waals surface area contributed by atoms with Gasteiger partial charge >= 0.3 is 11.7 Å². The van der Waals surface area contributed by atoms with E-state index >= 15 is 0 Å². The van der Waals surface area contributed by atoms with Crippen molar-refractivity contribution in [3.63, 3.8) is 0 Å². The first-order valence-electron chi connectivity index (χ1n) is 5.21. The Morgan fingerprint density at radius 3 is 3.11 bits per heavy atom. The van der Waals surface area contributed by atoms with Crippen LogP contribution in [0.25, 0.3) is 0 Å². The summed E-state index contributed by atoms with van der Waals surface area (Å²) in [5, 5.41) is 15.6. The average Bonchev–Trinajstić information content (AvgIpc) is 2.92. The lowest BCUT2D eigenvalue weighted by Gasteiger charge is -2.01. The molecule has 0 unspecified atom stereocenters. The average molecular weight is 269 g/mol. The molecular weight excluding hydrogens is 258 g/mol. The fraction of sp³-hybridized carbons (Fsp3) is 0.300.